The lowest BCUT2D eigenvalue weighted by Crippen LogP contribution is -2.37. The van der Waals surface area contributed by atoms with Crippen LogP contribution in [0.3, 0.4) is 0 Å². The van der Waals surface area contributed by atoms with E-state index in [1.807, 2.05) is 0 Å². The summed E-state index contributed by atoms with van der Waals surface area (Å²) in [5.41, 5.74) is 0.617. The number of ether oxygens (including phenoxy) is 1. The maximum atomic E-state index is 13.1. The molecule has 11 heteroatoms. The molecular formula is C21H21FN4O4S2. The minimum Gasteiger partial charge on any atom is -0.497 e. The van der Waals surface area contributed by atoms with E-state index in [9.17, 15) is 17.6 Å². The summed E-state index contributed by atoms with van der Waals surface area (Å²) in [5, 5.41) is 11.9. The van der Waals surface area contributed by atoms with E-state index in [2.05, 4.69) is 15.5 Å². The first-order chi connectivity index (χ1) is 15.4. The number of halogens is 1. The van der Waals surface area contributed by atoms with E-state index in [1.165, 1.54) is 27.8 Å². The summed E-state index contributed by atoms with van der Waals surface area (Å²) >= 11 is 1.21. The van der Waals surface area contributed by atoms with Gasteiger partial charge in [0.2, 0.25) is 15.0 Å². The number of amides is 1. The molecule has 2 aromatic carbocycles. The summed E-state index contributed by atoms with van der Waals surface area (Å²) in [6.07, 6.45) is 1.13. The van der Waals surface area contributed by atoms with Crippen LogP contribution in [0.2, 0.25) is 0 Å². The molecule has 0 radical (unpaired) electrons. The molecular weight excluding hydrogens is 455 g/mol. The van der Waals surface area contributed by atoms with Crippen molar-refractivity contribution in [2.45, 2.75) is 23.7 Å². The van der Waals surface area contributed by atoms with Gasteiger partial charge in [-0.1, -0.05) is 11.3 Å². The van der Waals surface area contributed by atoms with Crippen molar-refractivity contribution in [3.05, 3.63) is 64.4 Å². The Morgan fingerprint density at radius 3 is 2.38 bits per heavy atom. The molecule has 1 aliphatic heterocycles. The zero-order chi connectivity index (χ0) is 22.7. The van der Waals surface area contributed by atoms with E-state index in [4.69, 9.17) is 4.74 Å². The van der Waals surface area contributed by atoms with Crippen molar-refractivity contribution in [1.82, 2.24) is 14.5 Å². The number of piperidine rings is 1. The highest BCUT2D eigenvalue weighted by molar-refractivity contribution is 7.89. The number of rotatable bonds is 6. The summed E-state index contributed by atoms with van der Waals surface area (Å²) in [5.74, 6) is -0.121. The van der Waals surface area contributed by atoms with Gasteiger partial charge in [-0.3, -0.25) is 4.79 Å². The third kappa shape index (κ3) is 4.79. The van der Waals surface area contributed by atoms with Gasteiger partial charge in [0.1, 0.15) is 16.6 Å². The molecule has 0 spiro atoms. The molecule has 8 nitrogen and oxygen atoms in total. The van der Waals surface area contributed by atoms with Crippen molar-refractivity contribution in [2.75, 3.05) is 25.5 Å². The number of hydrogen-bond acceptors (Lipinski definition) is 7. The highest BCUT2D eigenvalue weighted by Gasteiger charge is 2.31. The molecule has 1 amide bonds. The lowest BCUT2D eigenvalue weighted by molar-refractivity contribution is 0.102. The van der Waals surface area contributed by atoms with Crippen LogP contribution in [0.1, 0.15) is 33.6 Å². The molecule has 1 N–H and O–H groups in total. The van der Waals surface area contributed by atoms with Crippen LogP contribution >= 0.6 is 11.3 Å². The topological polar surface area (TPSA) is 101 Å². The van der Waals surface area contributed by atoms with Crippen LogP contribution < -0.4 is 10.1 Å². The van der Waals surface area contributed by atoms with Gasteiger partial charge in [-0.25, -0.2) is 12.8 Å². The number of nitrogens with one attached hydrogen (secondary N) is 1. The molecule has 4 rings (SSSR count). The maximum Gasteiger partial charge on any atom is 0.286 e. The molecule has 0 bridgehead atoms. The first-order valence-corrected chi connectivity index (χ1v) is 12.2. The molecule has 0 aliphatic carbocycles. The van der Waals surface area contributed by atoms with E-state index in [0.717, 1.165) is 12.1 Å². The van der Waals surface area contributed by atoms with Crippen LogP contribution in [0.5, 0.6) is 5.75 Å². The highest BCUT2D eigenvalue weighted by atomic mass is 32.2. The molecule has 2 heterocycles. The van der Waals surface area contributed by atoms with Crippen molar-refractivity contribution in [3.8, 4) is 5.75 Å². The van der Waals surface area contributed by atoms with Crippen LogP contribution in [-0.4, -0.2) is 49.0 Å². The van der Waals surface area contributed by atoms with E-state index >= 15 is 0 Å². The predicted octanol–water partition coefficient (Wildman–Crippen LogP) is 3.51. The summed E-state index contributed by atoms with van der Waals surface area (Å²) in [6, 6.07) is 11.8. The monoisotopic (exact) mass is 476 g/mol. The maximum absolute atomic E-state index is 13.1. The SMILES string of the molecule is COc1ccc(NC(=O)c2nnc(C3CCN(S(=O)(=O)c4ccc(F)cc4)CC3)s2)cc1. The van der Waals surface area contributed by atoms with Gasteiger partial charge in [0.15, 0.2) is 0 Å². The Bertz CT molecular complexity index is 1190. The molecule has 1 aromatic heterocycles. The van der Waals surface area contributed by atoms with Gasteiger partial charge in [-0.15, -0.1) is 10.2 Å². The van der Waals surface area contributed by atoms with Crippen LogP contribution in [0.25, 0.3) is 0 Å². The van der Waals surface area contributed by atoms with E-state index in [1.54, 1.807) is 31.4 Å². The fourth-order valence-electron chi connectivity index (χ4n) is 3.45. The van der Waals surface area contributed by atoms with Gasteiger partial charge < -0.3 is 10.1 Å². The van der Waals surface area contributed by atoms with Gasteiger partial charge in [-0.05, 0) is 61.4 Å². The minimum atomic E-state index is -3.67. The second-order valence-electron chi connectivity index (χ2n) is 7.26. The zero-order valence-corrected chi connectivity index (χ0v) is 18.8. The molecule has 0 saturated carbocycles. The van der Waals surface area contributed by atoms with Gasteiger partial charge in [0.25, 0.3) is 5.91 Å². The average Bonchev–Trinajstić information content (AvgIpc) is 3.30. The normalized spacial score (nSPS) is 15.4. The zero-order valence-electron chi connectivity index (χ0n) is 17.2. The smallest absolute Gasteiger partial charge is 0.286 e. The van der Waals surface area contributed by atoms with Gasteiger partial charge in [0.05, 0.1) is 12.0 Å². The number of hydrogen-bond donors (Lipinski definition) is 1. The standard InChI is InChI=1S/C21H21FN4O4S2/c1-30-17-6-4-16(5-7-17)23-19(27)21-25-24-20(31-21)14-10-12-26(13-11-14)32(28,29)18-8-2-15(22)3-9-18/h2-9,14H,10-13H2,1H3,(H,23,27). The second kappa shape index (κ2) is 9.31. The van der Waals surface area contributed by atoms with Gasteiger partial charge in [0, 0.05) is 24.7 Å². The number of methoxy groups -OCH3 is 1. The third-order valence-corrected chi connectivity index (χ3v) is 8.23. The summed E-state index contributed by atoms with van der Waals surface area (Å²) in [7, 11) is -2.10. The molecule has 3 aromatic rings. The molecule has 0 atom stereocenters. The Balaban J connectivity index is 1.37. The Morgan fingerprint density at radius 2 is 1.75 bits per heavy atom. The third-order valence-electron chi connectivity index (χ3n) is 5.24. The number of carbonyl (C=O) groups is 1. The fourth-order valence-corrected chi connectivity index (χ4v) is 5.83. The van der Waals surface area contributed by atoms with E-state index in [0.29, 0.717) is 42.4 Å². The molecule has 1 fully saturated rings. The van der Waals surface area contributed by atoms with Crippen LogP contribution in [-0.2, 0) is 10.0 Å². The summed E-state index contributed by atoms with van der Waals surface area (Å²) in [4.78, 5) is 12.6. The van der Waals surface area contributed by atoms with Crippen LogP contribution in [0.15, 0.2) is 53.4 Å². The Labute approximate surface area is 189 Å². The largest absolute Gasteiger partial charge is 0.497 e. The molecule has 0 unspecified atom stereocenters. The average molecular weight is 477 g/mol. The molecule has 1 saturated heterocycles. The van der Waals surface area contributed by atoms with Gasteiger partial charge >= 0.3 is 0 Å². The van der Waals surface area contributed by atoms with Crippen molar-refractivity contribution >= 4 is 33.0 Å². The van der Waals surface area contributed by atoms with E-state index in [-0.39, 0.29) is 21.7 Å². The highest BCUT2D eigenvalue weighted by Crippen LogP contribution is 2.32. The summed E-state index contributed by atoms with van der Waals surface area (Å²) < 4.78 is 45.1. The second-order valence-corrected chi connectivity index (χ2v) is 10.2. The van der Waals surface area contributed by atoms with Crippen LogP contribution in [0.4, 0.5) is 10.1 Å². The minimum absolute atomic E-state index is 0.0229. The molecule has 168 valence electrons. The number of carbonyl (C=O) groups excluding carboxylic acids is 1. The van der Waals surface area contributed by atoms with E-state index < -0.39 is 15.8 Å². The van der Waals surface area contributed by atoms with Crippen molar-refractivity contribution in [2.24, 2.45) is 0 Å². The fraction of sp³-hybridized carbons (Fsp3) is 0.286. The van der Waals surface area contributed by atoms with Crippen molar-refractivity contribution in [1.29, 1.82) is 0 Å². The Hall–Kier alpha value is -2.89. The lowest BCUT2D eigenvalue weighted by atomic mass is 9.99. The Kier molecular flexibility index (Phi) is 6.49. The lowest BCUT2D eigenvalue weighted by Gasteiger charge is -2.30. The first kappa shape index (κ1) is 22.3. The number of nitrogens with zero attached hydrogens (tertiary/aromatic N) is 3. The van der Waals surface area contributed by atoms with Crippen LogP contribution in [0, 0.1) is 5.82 Å². The predicted molar refractivity (Wildman–Crippen MR) is 118 cm³/mol. The number of sulfonamides is 1. The van der Waals surface area contributed by atoms with Gasteiger partial charge in [-0.2, -0.15) is 4.31 Å². The number of anilines is 1. The van der Waals surface area contributed by atoms with Crippen molar-refractivity contribution in [3.63, 3.8) is 0 Å². The number of benzene rings is 2. The van der Waals surface area contributed by atoms with Crippen molar-refractivity contribution < 1.29 is 22.3 Å². The quantitative estimate of drug-likeness (QED) is 0.584. The Morgan fingerprint density at radius 1 is 1.09 bits per heavy atom. The first-order valence-electron chi connectivity index (χ1n) is 9.91. The number of aromatic nitrogens is 2. The molecule has 32 heavy (non-hydrogen) atoms. The molecule has 1 aliphatic rings. The summed E-state index contributed by atoms with van der Waals surface area (Å²) in [6.45, 7) is 0.634.